The molecule has 3 rings (SSSR count). The second-order valence-corrected chi connectivity index (χ2v) is 11.5. The molecule has 2 heterocycles. The molecule has 7 nitrogen and oxygen atoms in total. The molecule has 0 saturated carbocycles. The fourth-order valence-electron chi connectivity index (χ4n) is 3.53. The number of carbonyl (C=O) groups is 2. The molecule has 2 aromatic rings. The van der Waals surface area contributed by atoms with Crippen LogP contribution in [0.1, 0.15) is 48.8 Å². The van der Waals surface area contributed by atoms with E-state index in [9.17, 15) is 18.0 Å². The van der Waals surface area contributed by atoms with Crippen LogP contribution >= 0.6 is 11.3 Å². The number of benzene rings is 1. The predicted octanol–water partition coefficient (Wildman–Crippen LogP) is 3.87. The number of sulfonamides is 1. The number of nitrogens with one attached hydrogen (secondary N) is 1. The van der Waals surface area contributed by atoms with Gasteiger partial charge in [0.1, 0.15) is 4.88 Å². The van der Waals surface area contributed by atoms with E-state index in [0.29, 0.717) is 23.4 Å². The van der Waals surface area contributed by atoms with Gasteiger partial charge in [0.25, 0.3) is 0 Å². The monoisotopic (exact) mass is 464 g/mol. The molecule has 0 spiro atoms. The van der Waals surface area contributed by atoms with Gasteiger partial charge < -0.3 is 10.1 Å². The highest BCUT2D eigenvalue weighted by Gasteiger charge is 2.32. The zero-order valence-electron chi connectivity index (χ0n) is 18.2. The van der Waals surface area contributed by atoms with Gasteiger partial charge in [-0.1, -0.05) is 32.9 Å². The maximum absolute atomic E-state index is 13.0. The van der Waals surface area contributed by atoms with Crippen molar-refractivity contribution in [3.63, 3.8) is 0 Å². The molecule has 0 radical (unpaired) electrons. The highest BCUT2D eigenvalue weighted by atomic mass is 32.2. The number of esters is 1. The lowest BCUT2D eigenvalue weighted by Crippen LogP contribution is -2.41. The first-order chi connectivity index (χ1) is 14.5. The summed E-state index contributed by atoms with van der Waals surface area (Å²) in [6.45, 7) is 6.79. The third-order valence-electron chi connectivity index (χ3n) is 5.48. The molecule has 1 aliphatic rings. The smallest absolute Gasteiger partial charge is 0.350 e. The van der Waals surface area contributed by atoms with Gasteiger partial charge in [0.05, 0.1) is 17.7 Å². The molecule has 0 atom stereocenters. The summed E-state index contributed by atoms with van der Waals surface area (Å²) >= 11 is 1.20. The Morgan fingerprint density at radius 2 is 1.71 bits per heavy atom. The van der Waals surface area contributed by atoms with Gasteiger partial charge >= 0.3 is 5.97 Å². The van der Waals surface area contributed by atoms with E-state index in [1.54, 1.807) is 23.6 Å². The number of hydrogen-bond acceptors (Lipinski definition) is 6. The zero-order valence-corrected chi connectivity index (χ0v) is 19.8. The highest BCUT2D eigenvalue weighted by Crippen LogP contribution is 2.29. The fraction of sp³-hybridized carbons (Fsp3) is 0.455. The molecule has 1 amide bonds. The summed E-state index contributed by atoms with van der Waals surface area (Å²) < 4.78 is 32.2. The Labute approximate surface area is 187 Å². The predicted molar refractivity (Wildman–Crippen MR) is 121 cm³/mol. The number of rotatable bonds is 5. The number of ether oxygens (including phenoxy) is 1. The molecule has 1 saturated heterocycles. The van der Waals surface area contributed by atoms with Crippen molar-refractivity contribution in [2.24, 2.45) is 5.92 Å². The summed E-state index contributed by atoms with van der Waals surface area (Å²) in [5.41, 5.74) is 1.45. The van der Waals surface area contributed by atoms with Gasteiger partial charge in [-0.2, -0.15) is 4.31 Å². The van der Waals surface area contributed by atoms with E-state index in [2.05, 4.69) is 26.1 Å². The first kappa shape index (κ1) is 23.4. The standard InChI is InChI=1S/C22H28N2O5S2/c1-22(2,3)16-5-7-17(8-6-16)31(27,28)24-12-9-15(10-13-24)20(25)23-18-11-14-30-19(18)21(26)29-4/h5-8,11,14-15H,9-10,12-13H2,1-4H3,(H,23,25). The van der Waals surface area contributed by atoms with E-state index in [4.69, 9.17) is 4.74 Å². The van der Waals surface area contributed by atoms with Crippen molar-refractivity contribution >= 4 is 38.9 Å². The highest BCUT2D eigenvalue weighted by molar-refractivity contribution is 7.89. The van der Waals surface area contributed by atoms with Gasteiger partial charge in [0, 0.05) is 19.0 Å². The summed E-state index contributed by atoms with van der Waals surface area (Å²) in [4.78, 5) is 25.1. The molecule has 1 aromatic carbocycles. The average molecular weight is 465 g/mol. The number of methoxy groups -OCH3 is 1. The van der Waals surface area contributed by atoms with Crippen molar-refractivity contribution in [3.05, 3.63) is 46.2 Å². The molecular weight excluding hydrogens is 436 g/mol. The third-order valence-corrected chi connectivity index (χ3v) is 8.28. The Balaban J connectivity index is 1.63. The van der Waals surface area contributed by atoms with Crippen LogP contribution in [-0.4, -0.2) is 44.8 Å². The van der Waals surface area contributed by atoms with Gasteiger partial charge in [-0.25, -0.2) is 13.2 Å². The van der Waals surface area contributed by atoms with Crippen LogP contribution < -0.4 is 5.32 Å². The number of hydrogen-bond donors (Lipinski definition) is 1. The topological polar surface area (TPSA) is 92.8 Å². The molecule has 1 aromatic heterocycles. The molecule has 0 bridgehead atoms. The van der Waals surface area contributed by atoms with E-state index < -0.39 is 16.0 Å². The summed E-state index contributed by atoms with van der Waals surface area (Å²) in [7, 11) is -2.31. The lowest BCUT2D eigenvalue weighted by Gasteiger charge is -2.30. The van der Waals surface area contributed by atoms with Crippen molar-refractivity contribution in [3.8, 4) is 0 Å². The molecule has 0 unspecified atom stereocenters. The van der Waals surface area contributed by atoms with Crippen molar-refractivity contribution in [1.29, 1.82) is 0 Å². The Bertz CT molecular complexity index is 1040. The Morgan fingerprint density at radius 3 is 2.26 bits per heavy atom. The summed E-state index contributed by atoms with van der Waals surface area (Å²) in [6.07, 6.45) is 0.839. The Morgan fingerprint density at radius 1 is 1.10 bits per heavy atom. The minimum atomic E-state index is -3.60. The Kier molecular flexibility index (Phi) is 6.88. The zero-order chi connectivity index (χ0) is 22.8. The lowest BCUT2D eigenvalue weighted by atomic mass is 9.87. The average Bonchev–Trinajstić information content (AvgIpc) is 3.20. The lowest BCUT2D eigenvalue weighted by molar-refractivity contribution is -0.120. The summed E-state index contributed by atoms with van der Waals surface area (Å²) in [5, 5.41) is 4.49. The van der Waals surface area contributed by atoms with E-state index in [1.165, 1.54) is 22.8 Å². The van der Waals surface area contributed by atoms with E-state index in [1.807, 2.05) is 12.1 Å². The van der Waals surface area contributed by atoms with Crippen LogP contribution in [0, 0.1) is 5.92 Å². The molecular formula is C22H28N2O5S2. The second kappa shape index (κ2) is 9.10. The van der Waals surface area contributed by atoms with Crippen LogP contribution in [0.25, 0.3) is 0 Å². The number of amides is 1. The van der Waals surface area contributed by atoms with E-state index >= 15 is 0 Å². The molecule has 1 aliphatic heterocycles. The normalized spacial score (nSPS) is 16.1. The second-order valence-electron chi connectivity index (χ2n) is 8.60. The molecule has 31 heavy (non-hydrogen) atoms. The van der Waals surface area contributed by atoms with Crippen LogP contribution in [0.3, 0.4) is 0 Å². The van der Waals surface area contributed by atoms with Crippen molar-refractivity contribution in [2.45, 2.75) is 43.9 Å². The maximum Gasteiger partial charge on any atom is 0.350 e. The van der Waals surface area contributed by atoms with Crippen molar-refractivity contribution in [1.82, 2.24) is 4.31 Å². The molecule has 9 heteroatoms. The van der Waals surface area contributed by atoms with Crippen LogP contribution in [-0.2, 0) is 25.0 Å². The minimum absolute atomic E-state index is 0.0514. The maximum atomic E-state index is 13.0. The fourth-order valence-corrected chi connectivity index (χ4v) is 5.76. The third kappa shape index (κ3) is 5.16. The van der Waals surface area contributed by atoms with Crippen LogP contribution in [0.5, 0.6) is 0 Å². The number of piperidine rings is 1. The minimum Gasteiger partial charge on any atom is -0.465 e. The summed E-state index contributed by atoms with van der Waals surface area (Å²) in [5.74, 6) is -1.03. The number of anilines is 1. The Hall–Kier alpha value is -2.23. The molecule has 1 fully saturated rings. The SMILES string of the molecule is COC(=O)c1sccc1NC(=O)C1CCN(S(=O)(=O)c2ccc(C(C)(C)C)cc2)CC1. The molecule has 168 valence electrons. The van der Waals surface area contributed by atoms with Crippen LogP contribution in [0.15, 0.2) is 40.6 Å². The number of carbonyl (C=O) groups excluding carboxylic acids is 2. The van der Waals surface area contributed by atoms with Gasteiger partial charge in [-0.3, -0.25) is 4.79 Å². The molecule has 1 N–H and O–H groups in total. The van der Waals surface area contributed by atoms with E-state index in [-0.39, 0.29) is 35.2 Å². The van der Waals surface area contributed by atoms with Crippen molar-refractivity contribution in [2.75, 3.05) is 25.5 Å². The number of nitrogens with zero attached hydrogens (tertiary/aromatic N) is 1. The first-order valence-corrected chi connectivity index (χ1v) is 12.4. The van der Waals surface area contributed by atoms with E-state index in [0.717, 1.165) is 5.56 Å². The van der Waals surface area contributed by atoms with Gasteiger partial charge in [-0.15, -0.1) is 11.3 Å². The first-order valence-electron chi connectivity index (χ1n) is 10.1. The largest absolute Gasteiger partial charge is 0.465 e. The van der Waals surface area contributed by atoms with Gasteiger partial charge in [0.2, 0.25) is 15.9 Å². The number of thiophene rings is 1. The van der Waals surface area contributed by atoms with Crippen LogP contribution in [0.4, 0.5) is 5.69 Å². The van der Waals surface area contributed by atoms with Crippen LogP contribution in [0.2, 0.25) is 0 Å². The van der Waals surface area contributed by atoms with Gasteiger partial charge in [0.15, 0.2) is 0 Å². The quantitative estimate of drug-likeness (QED) is 0.678. The molecule has 0 aliphatic carbocycles. The summed E-state index contributed by atoms with van der Waals surface area (Å²) in [6, 6.07) is 8.68. The van der Waals surface area contributed by atoms with Gasteiger partial charge in [-0.05, 0) is 47.4 Å². The van der Waals surface area contributed by atoms with Crippen molar-refractivity contribution < 1.29 is 22.7 Å².